The van der Waals surface area contributed by atoms with E-state index in [4.69, 9.17) is 0 Å². The summed E-state index contributed by atoms with van der Waals surface area (Å²) in [6.45, 7) is 11.0. The number of benzene rings is 1. The summed E-state index contributed by atoms with van der Waals surface area (Å²) in [4.78, 5) is 57.4. The number of piperazine rings is 1. The normalized spacial score (nSPS) is 27.8. The smallest absolute Gasteiger partial charge is 0.341 e. The van der Waals surface area contributed by atoms with Crippen molar-refractivity contribution in [3.05, 3.63) is 35.9 Å². The van der Waals surface area contributed by atoms with Crippen molar-refractivity contribution < 1.29 is 19.2 Å². The molecule has 0 saturated carbocycles. The van der Waals surface area contributed by atoms with E-state index in [1.165, 1.54) is 6.42 Å². The standard InChI is InChI=1S/C26H38N6O4/c1-4-26(21-8-6-5-7-9-21)24(35)32(25(36)27-26)28-22(33)17-29-10-12-30(13-11-29)18-23(34)31-15-19(2)14-20(3)16-31/h5-9,19-20H,4,10-18H2,1-3H3,(H,27,36)(H,28,33). The third-order valence-corrected chi connectivity index (χ3v) is 7.54. The van der Waals surface area contributed by atoms with E-state index >= 15 is 0 Å². The Labute approximate surface area is 212 Å². The van der Waals surface area contributed by atoms with Crippen LogP contribution in [0.5, 0.6) is 0 Å². The van der Waals surface area contributed by atoms with Crippen LogP contribution in [0, 0.1) is 11.8 Å². The molecule has 10 heteroatoms. The van der Waals surface area contributed by atoms with Crippen molar-refractivity contribution in [1.82, 2.24) is 30.5 Å². The predicted molar refractivity (Wildman–Crippen MR) is 134 cm³/mol. The molecular formula is C26H38N6O4. The van der Waals surface area contributed by atoms with Gasteiger partial charge >= 0.3 is 6.03 Å². The average molecular weight is 499 g/mol. The Balaban J connectivity index is 1.25. The SMILES string of the molecule is CCC1(c2ccccc2)NC(=O)N(NC(=O)CN2CCN(CC(=O)N3CC(C)CC(C)C3)CC2)C1=O. The van der Waals surface area contributed by atoms with Gasteiger partial charge in [-0.3, -0.25) is 29.6 Å². The molecule has 36 heavy (non-hydrogen) atoms. The lowest BCUT2D eigenvalue weighted by Gasteiger charge is -2.38. The first-order chi connectivity index (χ1) is 17.2. The number of hydrazine groups is 1. The van der Waals surface area contributed by atoms with E-state index < -0.39 is 23.4 Å². The number of amides is 5. The maximum atomic E-state index is 13.2. The molecule has 10 nitrogen and oxygen atoms in total. The fraction of sp³-hybridized carbons (Fsp3) is 0.615. The third-order valence-electron chi connectivity index (χ3n) is 7.54. The fourth-order valence-electron chi connectivity index (χ4n) is 5.67. The van der Waals surface area contributed by atoms with E-state index in [2.05, 4.69) is 29.5 Å². The summed E-state index contributed by atoms with van der Waals surface area (Å²) >= 11 is 0. The maximum absolute atomic E-state index is 13.2. The van der Waals surface area contributed by atoms with Gasteiger partial charge in [-0.1, -0.05) is 51.1 Å². The van der Waals surface area contributed by atoms with E-state index in [0.29, 0.717) is 56.5 Å². The minimum absolute atomic E-state index is 0.0739. The Bertz CT molecular complexity index is 970. The first-order valence-corrected chi connectivity index (χ1v) is 13.0. The number of carbonyl (C=O) groups excluding carboxylic acids is 4. The summed E-state index contributed by atoms with van der Waals surface area (Å²) in [5, 5.41) is 3.57. The maximum Gasteiger partial charge on any atom is 0.344 e. The highest BCUT2D eigenvalue weighted by Crippen LogP contribution is 2.31. The van der Waals surface area contributed by atoms with E-state index in [-0.39, 0.29) is 12.5 Å². The lowest BCUT2D eigenvalue weighted by molar-refractivity contribution is -0.140. The molecule has 3 aliphatic heterocycles. The van der Waals surface area contributed by atoms with Gasteiger partial charge < -0.3 is 10.2 Å². The van der Waals surface area contributed by atoms with Crippen LogP contribution in [0.3, 0.4) is 0 Å². The number of nitrogens with zero attached hydrogens (tertiary/aromatic N) is 4. The zero-order valence-corrected chi connectivity index (χ0v) is 21.5. The second-order valence-electron chi connectivity index (χ2n) is 10.5. The van der Waals surface area contributed by atoms with Crippen LogP contribution in [0.2, 0.25) is 0 Å². The summed E-state index contributed by atoms with van der Waals surface area (Å²) in [5.74, 6) is 0.343. The summed E-state index contributed by atoms with van der Waals surface area (Å²) < 4.78 is 0. The molecule has 3 heterocycles. The largest absolute Gasteiger partial charge is 0.344 e. The van der Waals surface area contributed by atoms with Gasteiger partial charge in [0.25, 0.3) is 11.8 Å². The Kier molecular flexibility index (Phi) is 7.94. The summed E-state index contributed by atoms with van der Waals surface area (Å²) in [7, 11) is 0. The fourth-order valence-corrected chi connectivity index (χ4v) is 5.67. The Hall–Kier alpha value is -2.98. The van der Waals surface area contributed by atoms with Crippen LogP contribution in [0.1, 0.15) is 39.2 Å². The van der Waals surface area contributed by atoms with Crippen LogP contribution < -0.4 is 10.7 Å². The van der Waals surface area contributed by atoms with Crippen molar-refractivity contribution in [3.63, 3.8) is 0 Å². The first kappa shape index (κ1) is 26.1. The average Bonchev–Trinajstić information content (AvgIpc) is 3.10. The Morgan fingerprint density at radius 1 is 0.972 bits per heavy atom. The molecule has 0 aromatic heterocycles. The van der Waals surface area contributed by atoms with Gasteiger partial charge in [0.05, 0.1) is 13.1 Å². The van der Waals surface area contributed by atoms with Crippen molar-refractivity contribution in [2.45, 2.75) is 39.2 Å². The second-order valence-corrected chi connectivity index (χ2v) is 10.5. The third kappa shape index (κ3) is 5.54. The lowest BCUT2D eigenvalue weighted by atomic mass is 9.87. The Morgan fingerprint density at radius 3 is 2.14 bits per heavy atom. The first-order valence-electron chi connectivity index (χ1n) is 13.0. The number of likely N-dealkylation sites (tertiary alicyclic amines) is 1. The minimum atomic E-state index is -1.19. The molecule has 196 valence electrons. The molecule has 5 amide bonds. The van der Waals surface area contributed by atoms with Crippen LogP contribution in [0.4, 0.5) is 4.79 Å². The summed E-state index contributed by atoms with van der Waals surface area (Å²) in [6, 6.07) is 8.43. The van der Waals surface area contributed by atoms with Gasteiger partial charge in [0.2, 0.25) is 5.91 Å². The number of imide groups is 1. The van der Waals surface area contributed by atoms with Gasteiger partial charge in [0, 0.05) is 39.3 Å². The highest BCUT2D eigenvalue weighted by Gasteiger charge is 2.52. The van der Waals surface area contributed by atoms with Gasteiger partial charge in [-0.05, 0) is 30.2 Å². The summed E-state index contributed by atoms with van der Waals surface area (Å²) in [5.41, 5.74) is 1.99. The van der Waals surface area contributed by atoms with Crippen LogP contribution in [-0.2, 0) is 19.9 Å². The van der Waals surface area contributed by atoms with E-state index in [1.807, 2.05) is 34.9 Å². The number of hydrogen-bond donors (Lipinski definition) is 2. The van der Waals surface area contributed by atoms with Gasteiger partial charge in [0.1, 0.15) is 5.54 Å². The molecule has 0 aliphatic carbocycles. The molecule has 3 unspecified atom stereocenters. The molecule has 1 aromatic rings. The number of piperidine rings is 1. The molecule has 3 aliphatic rings. The molecule has 0 radical (unpaired) electrons. The lowest BCUT2D eigenvalue weighted by Crippen LogP contribution is -2.55. The quantitative estimate of drug-likeness (QED) is 0.544. The zero-order chi connectivity index (χ0) is 25.9. The van der Waals surface area contributed by atoms with Crippen LogP contribution >= 0.6 is 0 Å². The van der Waals surface area contributed by atoms with Gasteiger partial charge in [-0.25, -0.2) is 4.79 Å². The van der Waals surface area contributed by atoms with E-state index in [0.717, 1.165) is 18.1 Å². The predicted octanol–water partition coefficient (Wildman–Crippen LogP) is 0.997. The zero-order valence-electron chi connectivity index (χ0n) is 21.5. The highest BCUT2D eigenvalue weighted by molar-refractivity contribution is 6.08. The van der Waals surface area contributed by atoms with Gasteiger partial charge in [-0.2, -0.15) is 5.01 Å². The van der Waals surface area contributed by atoms with Crippen molar-refractivity contribution in [2.75, 3.05) is 52.4 Å². The molecule has 0 bridgehead atoms. The van der Waals surface area contributed by atoms with Gasteiger partial charge in [0.15, 0.2) is 0 Å². The van der Waals surface area contributed by atoms with Gasteiger partial charge in [-0.15, -0.1) is 0 Å². The Morgan fingerprint density at radius 2 is 1.56 bits per heavy atom. The molecular weight excluding hydrogens is 460 g/mol. The van der Waals surface area contributed by atoms with Crippen molar-refractivity contribution in [1.29, 1.82) is 0 Å². The van der Waals surface area contributed by atoms with Crippen LogP contribution in [-0.4, -0.2) is 95.8 Å². The summed E-state index contributed by atoms with van der Waals surface area (Å²) in [6.07, 6.45) is 1.53. The second kappa shape index (κ2) is 11.0. The number of hydrogen-bond acceptors (Lipinski definition) is 6. The molecule has 3 atom stereocenters. The monoisotopic (exact) mass is 498 g/mol. The van der Waals surface area contributed by atoms with E-state index in [9.17, 15) is 19.2 Å². The highest BCUT2D eigenvalue weighted by atomic mass is 16.2. The number of nitrogens with one attached hydrogen (secondary N) is 2. The van der Waals surface area contributed by atoms with Crippen LogP contribution in [0.15, 0.2) is 30.3 Å². The molecule has 1 aromatic carbocycles. The topological polar surface area (TPSA) is 105 Å². The molecule has 0 spiro atoms. The molecule has 3 saturated heterocycles. The molecule has 3 fully saturated rings. The number of rotatable bonds is 7. The van der Waals surface area contributed by atoms with Crippen molar-refractivity contribution in [3.8, 4) is 0 Å². The van der Waals surface area contributed by atoms with Crippen LogP contribution in [0.25, 0.3) is 0 Å². The minimum Gasteiger partial charge on any atom is -0.341 e. The van der Waals surface area contributed by atoms with E-state index in [1.54, 1.807) is 12.1 Å². The molecule has 2 N–H and O–H groups in total. The van der Waals surface area contributed by atoms with Crippen molar-refractivity contribution >= 4 is 23.8 Å². The molecule has 4 rings (SSSR count). The van der Waals surface area contributed by atoms with Crippen molar-refractivity contribution in [2.24, 2.45) is 11.8 Å². The number of urea groups is 1. The number of carbonyl (C=O) groups is 4.